The molecular weight excluding hydrogens is 351 g/mol. The minimum atomic E-state index is 0.223. The molecule has 0 amide bonds. The van der Waals surface area contributed by atoms with Gasteiger partial charge >= 0.3 is 0 Å². The summed E-state index contributed by atoms with van der Waals surface area (Å²) in [5, 5.41) is 0. The Morgan fingerprint density at radius 2 is 2.21 bits per heavy atom. The van der Waals surface area contributed by atoms with Crippen LogP contribution in [-0.2, 0) is 9.53 Å². The third-order valence-corrected chi connectivity index (χ3v) is 5.50. The van der Waals surface area contributed by atoms with E-state index in [1.165, 1.54) is 14.7 Å². The molecule has 1 fully saturated rings. The van der Waals surface area contributed by atoms with E-state index in [0.29, 0.717) is 24.9 Å². The second kappa shape index (κ2) is 5.81. The fourth-order valence-electron chi connectivity index (χ4n) is 3.16. The molecular formula is C16H21IO2. The first-order valence-corrected chi connectivity index (χ1v) is 7.89. The molecule has 0 aromatic heterocycles. The Kier molecular flexibility index (Phi) is 4.54. The van der Waals surface area contributed by atoms with Crippen molar-refractivity contribution in [3.63, 3.8) is 0 Å². The molecule has 0 radical (unpaired) electrons. The highest BCUT2D eigenvalue weighted by Gasteiger charge is 2.39. The molecule has 2 nitrogen and oxygen atoms in total. The number of carbonyl (C=O) groups is 1. The number of halogens is 1. The van der Waals surface area contributed by atoms with Gasteiger partial charge in [-0.15, -0.1) is 0 Å². The molecule has 0 N–H and O–H groups in total. The van der Waals surface area contributed by atoms with Crippen LogP contribution < -0.4 is 0 Å². The van der Waals surface area contributed by atoms with Crippen LogP contribution in [0.15, 0.2) is 33.0 Å². The summed E-state index contributed by atoms with van der Waals surface area (Å²) in [7, 11) is 0. The standard InChI is InChI=1S/C16H21IO2/c1-11-8-14-13(4-5-15(11)17)12(6-7-19-10-18)9-16(14,2)3/h4-5,8,10-12H,6-7,9H2,1-3H3/t11-,12?/m0/s1. The molecule has 0 heterocycles. The van der Waals surface area contributed by atoms with E-state index >= 15 is 0 Å². The molecule has 3 heteroatoms. The predicted molar refractivity (Wildman–Crippen MR) is 86.0 cm³/mol. The molecule has 104 valence electrons. The summed E-state index contributed by atoms with van der Waals surface area (Å²) in [6.07, 6.45) is 8.99. The van der Waals surface area contributed by atoms with Gasteiger partial charge in [0.15, 0.2) is 0 Å². The zero-order chi connectivity index (χ0) is 14.0. The van der Waals surface area contributed by atoms with Gasteiger partial charge in [-0.25, -0.2) is 0 Å². The summed E-state index contributed by atoms with van der Waals surface area (Å²) < 4.78 is 6.25. The van der Waals surface area contributed by atoms with Gasteiger partial charge in [0.1, 0.15) is 0 Å². The van der Waals surface area contributed by atoms with Crippen LogP contribution in [0.1, 0.15) is 33.6 Å². The van der Waals surface area contributed by atoms with Crippen LogP contribution in [0, 0.1) is 17.3 Å². The van der Waals surface area contributed by atoms with E-state index < -0.39 is 0 Å². The van der Waals surface area contributed by atoms with Crippen LogP contribution in [0.2, 0.25) is 0 Å². The van der Waals surface area contributed by atoms with E-state index in [1.807, 2.05) is 0 Å². The predicted octanol–water partition coefficient (Wildman–Crippen LogP) is 4.42. The highest BCUT2D eigenvalue weighted by atomic mass is 127. The summed E-state index contributed by atoms with van der Waals surface area (Å²) in [5.74, 6) is 1.00. The van der Waals surface area contributed by atoms with Gasteiger partial charge in [-0.05, 0) is 61.5 Å². The van der Waals surface area contributed by atoms with Crippen molar-refractivity contribution >= 4 is 29.1 Å². The maximum Gasteiger partial charge on any atom is 0.293 e. The van der Waals surface area contributed by atoms with Gasteiger partial charge in [0, 0.05) is 5.92 Å². The smallest absolute Gasteiger partial charge is 0.293 e. The molecule has 0 spiro atoms. The van der Waals surface area contributed by atoms with Gasteiger partial charge in [0.2, 0.25) is 0 Å². The third kappa shape index (κ3) is 3.12. The van der Waals surface area contributed by atoms with E-state index in [4.69, 9.17) is 4.74 Å². The molecule has 0 bridgehead atoms. The molecule has 0 saturated heterocycles. The summed E-state index contributed by atoms with van der Waals surface area (Å²) >= 11 is 2.42. The number of fused-ring (bicyclic) bond motifs is 1. The van der Waals surface area contributed by atoms with Crippen molar-refractivity contribution in [1.82, 2.24) is 0 Å². The second-order valence-electron chi connectivity index (χ2n) is 6.08. The van der Waals surface area contributed by atoms with E-state index in [9.17, 15) is 4.79 Å². The first kappa shape index (κ1) is 14.8. The van der Waals surface area contributed by atoms with Crippen molar-refractivity contribution in [2.45, 2.75) is 33.6 Å². The number of hydrogen-bond donors (Lipinski definition) is 0. The van der Waals surface area contributed by atoms with Crippen LogP contribution in [0.4, 0.5) is 0 Å². The van der Waals surface area contributed by atoms with Gasteiger partial charge in [0.25, 0.3) is 6.47 Å². The van der Waals surface area contributed by atoms with Crippen molar-refractivity contribution in [3.8, 4) is 0 Å². The van der Waals surface area contributed by atoms with Crippen LogP contribution in [0.5, 0.6) is 0 Å². The zero-order valence-electron chi connectivity index (χ0n) is 11.8. The first-order chi connectivity index (χ1) is 8.95. The normalized spacial score (nSPS) is 28.7. The molecule has 1 unspecified atom stereocenters. The van der Waals surface area contributed by atoms with Crippen molar-refractivity contribution < 1.29 is 9.53 Å². The third-order valence-electron chi connectivity index (χ3n) is 4.16. The monoisotopic (exact) mass is 372 g/mol. The molecule has 2 aliphatic carbocycles. The molecule has 0 aromatic carbocycles. The minimum absolute atomic E-state index is 0.223. The Labute approximate surface area is 129 Å². The van der Waals surface area contributed by atoms with Gasteiger partial charge in [-0.3, -0.25) is 4.79 Å². The van der Waals surface area contributed by atoms with E-state index in [1.54, 1.807) is 0 Å². The second-order valence-corrected chi connectivity index (χ2v) is 7.33. The molecule has 0 aromatic rings. The van der Waals surface area contributed by atoms with E-state index in [2.05, 4.69) is 61.6 Å². The molecule has 2 aliphatic rings. The molecule has 2 atom stereocenters. The number of hydrogen-bond acceptors (Lipinski definition) is 2. The van der Waals surface area contributed by atoms with Crippen LogP contribution in [-0.4, -0.2) is 13.1 Å². The van der Waals surface area contributed by atoms with Crippen molar-refractivity contribution in [1.29, 1.82) is 0 Å². The van der Waals surface area contributed by atoms with Crippen LogP contribution >= 0.6 is 22.6 Å². The summed E-state index contributed by atoms with van der Waals surface area (Å²) in [5.41, 5.74) is 3.15. The van der Waals surface area contributed by atoms with Gasteiger partial charge in [-0.2, -0.15) is 0 Å². The van der Waals surface area contributed by atoms with E-state index in [0.717, 1.165) is 12.8 Å². The molecule has 19 heavy (non-hydrogen) atoms. The maximum atomic E-state index is 10.3. The SMILES string of the molecule is C[C@H]1C=C2C(=CC=C1I)C(CCOC=O)CC2(C)C. The number of rotatable bonds is 4. The number of ether oxygens (including phenoxy) is 1. The summed E-state index contributed by atoms with van der Waals surface area (Å²) in [4.78, 5) is 10.3. The summed E-state index contributed by atoms with van der Waals surface area (Å²) in [6, 6.07) is 0. The topological polar surface area (TPSA) is 26.3 Å². The van der Waals surface area contributed by atoms with Gasteiger partial charge in [0.05, 0.1) is 6.61 Å². The lowest BCUT2D eigenvalue weighted by atomic mass is 9.84. The van der Waals surface area contributed by atoms with Crippen molar-refractivity contribution in [2.24, 2.45) is 17.3 Å². The first-order valence-electron chi connectivity index (χ1n) is 6.81. The Morgan fingerprint density at radius 3 is 2.89 bits per heavy atom. The zero-order valence-corrected chi connectivity index (χ0v) is 13.9. The average Bonchev–Trinajstić information content (AvgIpc) is 2.47. The van der Waals surface area contributed by atoms with E-state index in [-0.39, 0.29) is 5.41 Å². The molecule has 0 aliphatic heterocycles. The van der Waals surface area contributed by atoms with Crippen molar-refractivity contribution in [3.05, 3.63) is 33.0 Å². The minimum Gasteiger partial charge on any atom is -0.468 e. The van der Waals surface area contributed by atoms with Gasteiger partial charge < -0.3 is 4.74 Å². The molecule has 2 rings (SSSR count). The van der Waals surface area contributed by atoms with Crippen molar-refractivity contribution in [2.75, 3.05) is 6.61 Å². The quantitative estimate of drug-likeness (QED) is 0.415. The lowest BCUT2D eigenvalue weighted by Gasteiger charge is -2.20. The Hall–Kier alpha value is -0.580. The van der Waals surface area contributed by atoms with Gasteiger partial charge in [-0.1, -0.05) is 39.0 Å². The Balaban J connectivity index is 2.26. The largest absolute Gasteiger partial charge is 0.468 e. The maximum absolute atomic E-state index is 10.3. The number of carbonyl (C=O) groups excluding carboxylic acids is 1. The highest BCUT2D eigenvalue weighted by molar-refractivity contribution is 14.1. The van der Waals surface area contributed by atoms with Crippen LogP contribution in [0.3, 0.4) is 0 Å². The fraction of sp³-hybridized carbons (Fsp3) is 0.562. The Bertz CT molecular complexity index is 457. The fourth-order valence-corrected chi connectivity index (χ4v) is 3.52. The Morgan fingerprint density at radius 1 is 1.47 bits per heavy atom. The van der Waals surface area contributed by atoms with Crippen LogP contribution in [0.25, 0.3) is 0 Å². The molecule has 1 saturated carbocycles. The lowest BCUT2D eigenvalue weighted by molar-refractivity contribution is -0.128. The lowest BCUT2D eigenvalue weighted by Crippen LogP contribution is -2.09. The average molecular weight is 372 g/mol. The highest BCUT2D eigenvalue weighted by Crippen LogP contribution is 2.52. The number of allylic oxidation sites excluding steroid dienone is 6. The summed E-state index contributed by atoms with van der Waals surface area (Å²) in [6.45, 7) is 7.95.